The van der Waals surface area contributed by atoms with Crippen molar-refractivity contribution in [3.05, 3.63) is 28.8 Å². The van der Waals surface area contributed by atoms with E-state index < -0.39 is 10.0 Å². The van der Waals surface area contributed by atoms with Crippen LogP contribution in [0, 0.1) is 13.8 Å². The Morgan fingerprint density at radius 3 is 2.48 bits per heavy atom. The Morgan fingerprint density at radius 1 is 1.29 bits per heavy atom. The van der Waals surface area contributed by atoms with Gasteiger partial charge in [0, 0.05) is 24.8 Å². The second-order valence-corrected chi connectivity index (χ2v) is 6.85. The molecule has 0 saturated carbocycles. The minimum atomic E-state index is -3.85. The van der Waals surface area contributed by atoms with E-state index in [0.717, 1.165) is 18.4 Å². The topological polar surface area (TPSA) is 98.5 Å². The number of carbonyl (C=O) groups excluding carboxylic acids is 1. The molecule has 0 radical (unpaired) electrons. The normalized spacial score (nSPS) is 16.7. The van der Waals surface area contributed by atoms with Gasteiger partial charge in [-0.05, 0) is 49.9 Å². The van der Waals surface area contributed by atoms with E-state index >= 15 is 0 Å². The maximum absolute atomic E-state index is 12.3. The van der Waals surface area contributed by atoms with Crippen molar-refractivity contribution >= 4 is 15.9 Å². The van der Waals surface area contributed by atoms with Crippen molar-refractivity contribution in [2.45, 2.75) is 37.6 Å². The molecule has 0 atom stereocenters. The monoisotopic (exact) mass is 312 g/mol. The van der Waals surface area contributed by atoms with Gasteiger partial charge in [0.1, 0.15) is 0 Å². The second kappa shape index (κ2) is 6.13. The lowest BCUT2D eigenvalue weighted by atomic mass is 10.0. The Kier molecular flexibility index (Phi) is 4.65. The molecule has 3 N–H and O–H groups in total. The van der Waals surface area contributed by atoms with Gasteiger partial charge in [0.2, 0.25) is 10.0 Å². The molecule has 1 heterocycles. The fourth-order valence-electron chi connectivity index (χ4n) is 2.36. The summed E-state index contributed by atoms with van der Waals surface area (Å²) in [6, 6.07) is 3.08. The highest BCUT2D eigenvalue weighted by Crippen LogP contribution is 2.20. The standard InChI is InChI=1S/C14H20N2O4S/c1-9-7-11(8-13(10(9)2)21(15,18)19)14(17)16-12-3-5-20-6-4-12/h7-8,12H,3-6H2,1-2H3,(H,16,17)(H2,15,18,19). The van der Waals surface area contributed by atoms with E-state index in [-0.39, 0.29) is 16.8 Å². The number of sulfonamides is 1. The van der Waals surface area contributed by atoms with E-state index in [0.29, 0.717) is 24.3 Å². The molecular formula is C14H20N2O4S. The first-order chi connectivity index (χ1) is 9.79. The van der Waals surface area contributed by atoms with Crippen molar-refractivity contribution in [3.63, 3.8) is 0 Å². The first kappa shape index (κ1) is 15.9. The predicted octanol–water partition coefficient (Wildman–Crippen LogP) is 0.860. The molecule has 1 fully saturated rings. The zero-order valence-electron chi connectivity index (χ0n) is 12.2. The summed E-state index contributed by atoms with van der Waals surface area (Å²) >= 11 is 0. The summed E-state index contributed by atoms with van der Waals surface area (Å²) in [4.78, 5) is 12.3. The maximum atomic E-state index is 12.3. The summed E-state index contributed by atoms with van der Waals surface area (Å²) in [7, 11) is -3.85. The third-order valence-electron chi connectivity index (χ3n) is 3.74. The Hall–Kier alpha value is -1.44. The molecule has 2 rings (SSSR count). The second-order valence-electron chi connectivity index (χ2n) is 5.32. The SMILES string of the molecule is Cc1cc(C(=O)NC2CCOCC2)cc(S(N)(=O)=O)c1C. The van der Waals surface area contributed by atoms with Crippen LogP contribution in [0.15, 0.2) is 17.0 Å². The van der Waals surface area contributed by atoms with Crippen LogP contribution in [-0.4, -0.2) is 33.6 Å². The summed E-state index contributed by atoms with van der Waals surface area (Å²) in [5.74, 6) is -0.282. The highest BCUT2D eigenvalue weighted by atomic mass is 32.2. The van der Waals surface area contributed by atoms with Crippen LogP contribution in [0.5, 0.6) is 0 Å². The van der Waals surface area contributed by atoms with Crippen LogP contribution < -0.4 is 10.5 Å². The molecule has 0 aliphatic carbocycles. The number of hydrogen-bond donors (Lipinski definition) is 2. The molecule has 1 amide bonds. The lowest BCUT2D eigenvalue weighted by Crippen LogP contribution is -2.39. The number of benzene rings is 1. The number of ether oxygens (including phenoxy) is 1. The Balaban J connectivity index is 2.27. The van der Waals surface area contributed by atoms with E-state index in [1.807, 2.05) is 0 Å². The molecule has 0 unspecified atom stereocenters. The van der Waals surface area contributed by atoms with E-state index in [9.17, 15) is 13.2 Å². The summed E-state index contributed by atoms with van der Waals surface area (Å²) in [5, 5.41) is 8.11. The van der Waals surface area contributed by atoms with Crippen molar-refractivity contribution in [3.8, 4) is 0 Å². The van der Waals surface area contributed by atoms with Crippen molar-refractivity contribution in [2.75, 3.05) is 13.2 Å². The molecular weight excluding hydrogens is 292 g/mol. The molecule has 116 valence electrons. The molecule has 1 aromatic rings. The van der Waals surface area contributed by atoms with Crippen molar-refractivity contribution in [2.24, 2.45) is 5.14 Å². The zero-order chi connectivity index (χ0) is 15.6. The number of amides is 1. The highest BCUT2D eigenvalue weighted by Gasteiger charge is 2.20. The fourth-order valence-corrected chi connectivity index (χ4v) is 3.24. The van der Waals surface area contributed by atoms with Gasteiger partial charge in [-0.2, -0.15) is 0 Å². The van der Waals surface area contributed by atoms with Gasteiger partial charge in [0.05, 0.1) is 4.90 Å². The van der Waals surface area contributed by atoms with E-state index in [1.54, 1.807) is 19.9 Å². The lowest BCUT2D eigenvalue weighted by Gasteiger charge is -2.23. The van der Waals surface area contributed by atoms with Crippen molar-refractivity contribution in [1.29, 1.82) is 0 Å². The summed E-state index contributed by atoms with van der Waals surface area (Å²) < 4.78 is 28.4. The molecule has 0 aromatic heterocycles. The lowest BCUT2D eigenvalue weighted by molar-refractivity contribution is 0.0696. The average Bonchev–Trinajstić information content (AvgIpc) is 2.41. The molecule has 7 heteroatoms. The van der Waals surface area contributed by atoms with Crippen molar-refractivity contribution in [1.82, 2.24) is 5.32 Å². The molecule has 1 aliphatic rings. The quantitative estimate of drug-likeness (QED) is 0.864. The van der Waals surface area contributed by atoms with E-state index in [1.165, 1.54) is 6.07 Å². The van der Waals surface area contributed by atoms with Crippen LogP contribution in [0.3, 0.4) is 0 Å². The summed E-state index contributed by atoms with van der Waals surface area (Å²) in [6.07, 6.45) is 1.53. The van der Waals surface area contributed by atoms with Gasteiger partial charge >= 0.3 is 0 Å². The number of primary sulfonamides is 1. The van der Waals surface area contributed by atoms with Gasteiger partial charge in [-0.3, -0.25) is 4.79 Å². The number of carbonyl (C=O) groups is 1. The first-order valence-electron chi connectivity index (χ1n) is 6.81. The largest absolute Gasteiger partial charge is 0.381 e. The van der Waals surface area contributed by atoms with Crippen LogP contribution in [0.1, 0.15) is 34.3 Å². The zero-order valence-corrected chi connectivity index (χ0v) is 13.0. The minimum Gasteiger partial charge on any atom is -0.381 e. The highest BCUT2D eigenvalue weighted by molar-refractivity contribution is 7.89. The third-order valence-corrected chi connectivity index (χ3v) is 4.78. The minimum absolute atomic E-state index is 0.000345. The van der Waals surface area contributed by atoms with Crippen LogP contribution in [0.25, 0.3) is 0 Å². The Labute approximate surface area is 124 Å². The van der Waals surface area contributed by atoms with Gasteiger partial charge in [-0.25, -0.2) is 13.6 Å². The van der Waals surface area contributed by atoms with Gasteiger partial charge in [-0.1, -0.05) is 0 Å². The maximum Gasteiger partial charge on any atom is 0.251 e. The molecule has 1 saturated heterocycles. The van der Waals surface area contributed by atoms with E-state index in [4.69, 9.17) is 9.88 Å². The fraction of sp³-hybridized carbons (Fsp3) is 0.500. The van der Waals surface area contributed by atoms with Crippen LogP contribution in [0.4, 0.5) is 0 Å². The van der Waals surface area contributed by atoms with Crippen molar-refractivity contribution < 1.29 is 17.9 Å². The predicted molar refractivity (Wildman–Crippen MR) is 78.6 cm³/mol. The Morgan fingerprint density at radius 2 is 1.90 bits per heavy atom. The number of nitrogens with two attached hydrogens (primary N) is 1. The number of aryl methyl sites for hydroxylation is 1. The van der Waals surface area contributed by atoms with Crippen LogP contribution >= 0.6 is 0 Å². The molecule has 21 heavy (non-hydrogen) atoms. The first-order valence-corrected chi connectivity index (χ1v) is 8.36. The molecule has 1 aromatic carbocycles. The summed E-state index contributed by atoms with van der Waals surface area (Å²) in [5.41, 5.74) is 1.60. The molecule has 6 nitrogen and oxygen atoms in total. The molecule has 0 spiro atoms. The molecule has 0 bridgehead atoms. The van der Waals surface area contributed by atoms with Gasteiger partial charge in [-0.15, -0.1) is 0 Å². The van der Waals surface area contributed by atoms with Gasteiger partial charge < -0.3 is 10.1 Å². The van der Waals surface area contributed by atoms with E-state index in [2.05, 4.69) is 5.32 Å². The third kappa shape index (κ3) is 3.81. The summed E-state index contributed by atoms with van der Waals surface area (Å²) in [6.45, 7) is 4.69. The smallest absolute Gasteiger partial charge is 0.251 e. The van der Waals surface area contributed by atoms with Crippen LogP contribution in [0.2, 0.25) is 0 Å². The average molecular weight is 312 g/mol. The Bertz CT molecular complexity index is 649. The van der Waals surface area contributed by atoms with Gasteiger partial charge in [0.25, 0.3) is 5.91 Å². The number of rotatable bonds is 3. The molecule has 1 aliphatic heterocycles. The number of nitrogens with one attached hydrogen (secondary N) is 1. The van der Waals surface area contributed by atoms with Crippen LogP contribution in [-0.2, 0) is 14.8 Å². The number of hydrogen-bond acceptors (Lipinski definition) is 4. The van der Waals surface area contributed by atoms with Gasteiger partial charge in [0.15, 0.2) is 0 Å².